The highest BCUT2D eigenvalue weighted by Gasteiger charge is 2.54. The Labute approximate surface area is 182 Å². The molecule has 14 heteroatoms. The van der Waals surface area contributed by atoms with Gasteiger partial charge in [-0.25, -0.2) is 0 Å². The van der Waals surface area contributed by atoms with Crippen LogP contribution in [-0.2, 0) is 19.7 Å². The molecule has 0 fully saturated rings. The molecule has 5 nitrogen and oxygen atoms in total. The van der Waals surface area contributed by atoms with Gasteiger partial charge in [-0.05, 0) is 17.2 Å². The van der Waals surface area contributed by atoms with Crippen LogP contribution in [-0.4, -0.2) is 27.9 Å². The van der Waals surface area contributed by atoms with Crippen molar-refractivity contribution < 1.29 is 48.3 Å². The van der Waals surface area contributed by atoms with Crippen molar-refractivity contribution in [2.75, 3.05) is 0 Å². The molecular formula is C18H10F6O5S3-2. The van der Waals surface area contributed by atoms with Crippen molar-refractivity contribution in [2.45, 2.75) is 22.3 Å². The quantitative estimate of drug-likeness (QED) is 0.444. The Kier molecular flexibility index (Phi) is 6.10. The maximum atomic E-state index is 13.1. The molecule has 0 spiro atoms. The van der Waals surface area contributed by atoms with Gasteiger partial charge in [0.2, 0.25) is 0 Å². The minimum atomic E-state index is -6.96. The minimum absolute atomic E-state index is 0.115. The van der Waals surface area contributed by atoms with Crippen LogP contribution in [0.4, 0.5) is 26.3 Å². The van der Waals surface area contributed by atoms with Crippen LogP contribution in [0.3, 0.4) is 0 Å². The molecular weight excluding hydrogens is 506 g/mol. The summed E-state index contributed by atoms with van der Waals surface area (Å²) in [6.45, 7) is 0. The molecule has 0 saturated carbocycles. The number of sulfone groups is 2. The van der Waals surface area contributed by atoms with Gasteiger partial charge in [0.05, 0.1) is 0 Å². The average Bonchev–Trinajstić information content (AvgIpc) is 3.19. The molecule has 2 aliphatic rings. The molecule has 0 radical (unpaired) electrons. The maximum absolute atomic E-state index is 13.1. The summed E-state index contributed by atoms with van der Waals surface area (Å²) in [6.07, 6.45) is 3.80. The largest absolute Gasteiger partial charge is 0.872 e. The third-order valence-corrected chi connectivity index (χ3v) is 9.63. The van der Waals surface area contributed by atoms with Gasteiger partial charge in [0.1, 0.15) is 19.7 Å². The maximum Gasteiger partial charge on any atom is 0.469 e. The highest BCUT2D eigenvalue weighted by molar-refractivity contribution is 8.13. The second-order valence-electron chi connectivity index (χ2n) is 6.36. The highest BCUT2D eigenvalue weighted by atomic mass is 32.3. The van der Waals surface area contributed by atoms with Crippen LogP contribution in [0.25, 0.3) is 5.76 Å². The first-order chi connectivity index (χ1) is 14.6. The Morgan fingerprint density at radius 3 is 1.88 bits per heavy atom. The fourth-order valence-electron chi connectivity index (χ4n) is 2.84. The van der Waals surface area contributed by atoms with Crippen LogP contribution >= 0.6 is 11.8 Å². The summed E-state index contributed by atoms with van der Waals surface area (Å²) >= 11 is 0.798. The Balaban J connectivity index is 2.29. The van der Waals surface area contributed by atoms with Crippen LogP contribution in [0.2, 0.25) is 0 Å². The molecule has 3 rings (SSSR count). The van der Waals surface area contributed by atoms with Crippen molar-refractivity contribution in [3.05, 3.63) is 74.8 Å². The van der Waals surface area contributed by atoms with E-state index in [1.165, 1.54) is 48.6 Å². The van der Waals surface area contributed by atoms with Gasteiger partial charge >= 0.3 is 11.0 Å². The van der Waals surface area contributed by atoms with E-state index in [1.807, 2.05) is 0 Å². The number of thioether (sulfide) groups is 1. The van der Waals surface area contributed by atoms with Crippen molar-refractivity contribution in [1.29, 1.82) is 0 Å². The van der Waals surface area contributed by atoms with Crippen molar-refractivity contribution in [2.24, 2.45) is 0 Å². The molecule has 1 aliphatic heterocycles. The molecule has 0 unspecified atom stereocenters. The van der Waals surface area contributed by atoms with Crippen LogP contribution in [0.1, 0.15) is 12.0 Å². The molecule has 0 atom stereocenters. The van der Waals surface area contributed by atoms with E-state index in [9.17, 15) is 48.3 Å². The smallest absolute Gasteiger partial charge is 0.469 e. The lowest BCUT2D eigenvalue weighted by atomic mass is 10.0. The number of rotatable bonds is 4. The third kappa shape index (κ3) is 4.10. The van der Waals surface area contributed by atoms with Crippen molar-refractivity contribution in [3.8, 4) is 0 Å². The lowest BCUT2D eigenvalue weighted by molar-refractivity contribution is -0.245. The van der Waals surface area contributed by atoms with E-state index < -0.39 is 53.0 Å². The van der Waals surface area contributed by atoms with Crippen LogP contribution in [0.5, 0.6) is 0 Å². The molecule has 0 saturated heterocycles. The number of fused-ring (bicyclic) bond motifs is 1. The number of hydrogen-bond acceptors (Lipinski definition) is 6. The fourth-order valence-corrected chi connectivity index (χ4v) is 6.92. The zero-order valence-electron chi connectivity index (χ0n) is 15.4. The zero-order valence-corrected chi connectivity index (χ0v) is 17.8. The third-order valence-electron chi connectivity index (χ3n) is 4.35. The van der Waals surface area contributed by atoms with E-state index in [0.29, 0.717) is 4.90 Å². The van der Waals surface area contributed by atoms with Crippen LogP contribution in [0, 0.1) is 4.58 Å². The fraction of sp³-hybridized carbons (Fsp3) is 0.167. The second kappa shape index (κ2) is 7.99. The number of alkyl halides is 6. The first-order valence-corrected chi connectivity index (χ1v) is 12.1. The molecule has 1 heterocycles. The van der Waals surface area contributed by atoms with Crippen LogP contribution in [0.15, 0.2) is 69.5 Å². The topological polar surface area (TPSA) is 91.3 Å². The molecule has 32 heavy (non-hydrogen) atoms. The van der Waals surface area contributed by atoms with Gasteiger partial charge in [-0.3, -0.25) is 16.8 Å². The van der Waals surface area contributed by atoms with E-state index in [-0.39, 0.29) is 16.0 Å². The number of hydrogen-bond donors (Lipinski definition) is 0. The summed E-state index contributed by atoms with van der Waals surface area (Å²) in [5.41, 5.74) is -13.4. The summed E-state index contributed by atoms with van der Waals surface area (Å²) in [4.78, 5) is 0.169. The number of allylic oxidation sites excluding steroid dienone is 6. The van der Waals surface area contributed by atoms with Gasteiger partial charge in [-0.15, -0.1) is 6.42 Å². The van der Waals surface area contributed by atoms with Crippen molar-refractivity contribution in [3.63, 3.8) is 0 Å². The Bertz CT molecular complexity index is 1220. The predicted molar refractivity (Wildman–Crippen MR) is 102 cm³/mol. The van der Waals surface area contributed by atoms with Gasteiger partial charge in [-0.2, -0.15) is 26.3 Å². The summed E-state index contributed by atoms with van der Waals surface area (Å²) in [7, 11) is -13.9. The minimum Gasteiger partial charge on any atom is -0.872 e. The summed E-state index contributed by atoms with van der Waals surface area (Å²) in [6, 6.07) is 5.63. The molecule has 0 aromatic heterocycles. The van der Waals surface area contributed by atoms with Crippen LogP contribution < -0.4 is 5.11 Å². The van der Waals surface area contributed by atoms with E-state index in [0.717, 1.165) is 11.8 Å². The van der Waals surface area contributed by atoms with E-state index >= 15 is 0 Å². The molecule has 174 valence electrons. The number of benzene rings is 1. The van der Waals surface area contributed by atoms with Gasteiger partial charge in [0, 0.05) is 9.80 Å². The average molecular weight is 516 g/mol. The summed E-state index contributed by atoms with van der Waals surface area (Å²) in [5, 5.41) is 13.0. The summed E-state index contributed by atoms with van der Waals surface area (Å²) < 4.78 is 123. The number of halogens is 6. The standard InChI is InChI=1S/C18H11F6O5S3/c19-17(20,21)31(26,27)14(32(28,29)18(22,23)24)9-12-15(25)11-7-3-4-8-13(11)30-16(12)10-5-1-2-6-10/h1-8,25H,9H2/q-1/p-1. The van der Waals surface area contributed by atoms with E-state index in [4.69, 9.17) is 0 Å². The van der Waals surface area contributed by atoms with Gasteiger partial charge in [0.25, 0.3) is 0 Å². The normalized spacial score (nSPS) is 17.5. The molecule has 1 aromatic carbocycles. The Morgan fingerprint density at radius 1 is 0.875 bits per heavy atom. The first kappa shape index (κ1) is 24.5. The lowest BCUT2D eigenvalue weighted by Crippen LogP contribution is -2.40. The van der Waals surface area contributed by atoms with Gasteiger partial charge in [-0.1, -0.05) is 70.2 Å². The molecule has 0 amide bonds. The Morgan fingerprint density at radius 2 is 1.38 bits per heavy atom. The second-order valence-corrected chi connectivity index (χ2v) is 11.6. The Hall–Kier alpha value is -2.19. The molecule has 0 bridgehead atoms. The zero-order chi connectivity index (χ0) is 24.1. The van der Waals surface area contributed by atoms with E-state index in [2.05, 4.69) is 0 Å². The van der Waals surface area contributed by atoms with Gasteiger partial charge in [0.15, 0.2) is 0 Å². The molecule has 1 aliphatic carbocycles. The van der Waals surface area contributed by atoms with Crippen molar-refractivity contribution >= 4 is 37.2 Å². The SMILES string of the molecule is O=S(=O)([C-](CC1=C([O-])c2ccccc2SC1=C1C=CC=C1)S(=O)(=O)C(F)(F)F)C(F)(F)F. The predicted octanol–water partition coefficient (Wildman–Crippen LogP) is 3.99. The highest BCUT2D eigenvalue weighted by Crippen LogP contribution is 2.51. The van der Waals surface area contributed by atoms with Gasteiger partial charge < -0.3 is 5.11 Å². The monoisotopic (exact) mass is 516 g/mol. The molecule has 0 N–H and O–H groups in total. The lowest BCUT2D eigenvalue weighted by Gasteiger charge is -2.37. The van der Waals surface area contributed by atoms with E-state index in [1.54, 1.807) is 0 Å². The first-order valence-electron chi connectivity index (χ1n) is 8.34. The summed E-state index contributed by atoms with van der Waals surface area (Å²) in [5.74, 6) is -1.08. The molecule has 1 aromatic rings. The van der Waals surface area contributed by atoms with Crippen molar-refractivity contribution in [1.82, 2.24) is 0 Å².